The van der Waals surface area contributed by atoms with Crippen molar-refractivity contribution < 1.29 is 19.1 Å². The van der Waals surface area contributed by atoms with Gasteiger partial charge < -0.3 is 19.9 Å². The number of nitrogens with one attached hydrogen (secondary N) is 1. The van der Waals surface area contributed by atoms with E-state index in [1.165, 1.54) is 11.0 Å². The predicted molar refractivity (Wildman–Crippen MR) is 127 cm³/mol. The van der Waals surface area contributed by atoms with Crippen LogP contribution in [-0.4, -0.2) is 68.8 Å². The summed E-state index contributed by atoms with van der Waals surface area (Å²) in [5.74, 6) is -0.813. The number of benzene rings is 2. The fourth-order valence-corrected chi connectivity index (χ4v) is 4.13. The van der Waals surface area contributed by atoms with Gasteiger partial charge in [-0.3, -0.25) is 9.59 Å². The molecule has 1 aliphatic heterocycles. The molecule has 0 fully saturated rings. The Morgan fingerprint density at radius 3 is 2.71 bits per heavy atom. The number of hydrogen-bond donors (Lipinski definition) is 1. The molecule has 2 aromatic carbocycles. The van der Waals surface area contributed by atoms with E-state index in [0.717, 1.165) is 5.56 Å². The lowest BCUT2D eigenvalue weighted by atomic mass is 10.1. The summed E-state index contributed by atoms with van der Waals surface area (Å²) >= 11 is 6.49. The molecule has 2 heterocycles. The number of anilines is 1. The van der Waals surface area contributed by atoms with Crippen LogP contribution in [0, 0.1) is 0 Å². The Bertz CT molecular complexity index is 1230. The fourth-order valence-electron chi connectivity index (χ4n) is 3.88. The van der Waals surface area contributed by atoms with Crippen molar-refractivity contribution in [2.24, 2.45) is 0 Å². The van der Waals surface area contributed by atoms with E-state index in [1.54, 1.807) is 34.9 Å². The Kier molecular flexibility index (Phi) is 7.25. The van der Waals surface area contributed by atoms with Crippen LogP contribution in [0.1, 0.15) is 29.8 Å². The molecule has 0 radical (unpaired) electrons. The molecule has 12 heteroatoms. The molecule has 3 aromatic rings. The molecular formula is C23H24ClN7O4. The van der Waals surface area contributed by atoms with Gasteiger partial charge in [-0.25, -0.2) is 9.48 Å². The van der Waals surface area contributed by atoms with Gasteiger partial charge in [-0.1, -0.05) is 29.8 Å². The molecule has 1 atom stereocenters. The molecule has 0 unspecified atom stereocenters. The molecule has 4 rings (SSSR count). The summed E-state index contributed by atoms with van der Waals surface area (Å²) in [6.45, 7) is 4.04. The Morgan fingerprint density at radius 2 is 2.00 bits per heavy atom. The second-order valence-electron chi connectivity index (χ2n) is 7.90. The van der Waals surface area contributed by atoms with Crippen LogP contribution in [0.15, 0.2) is 48.8 Å². The summed E-state index contributed by atoms with van der Waals surface area (Å²) in [4.78, 5) is 41.4. The van der Waals surface area contributed by atoms with Gasteiger partial charge in [0.05, 0.1) is 22.9 Å². The fraction of sp³-hybridized carbons (Fsp3) is 0.304. The number of para-hydroxylation sites is 1. The number of amides is 3. The molecule has 0 bridgehead atoms. The van der Waals surface area contributed by atoms with Gasteiger partial charge in [0.15, 0.2) is 0 Å². The van der Waals surface area contributed by atoms with E-state index in [0.29, 0.717) is 16.9 Å². The van der Waals surface area contributed by atoms with Crippen LogP contribution in [0.3, 0.4) is 0 Å². The Labute approximate surface area is 206 Å². The molecule has 182 valence electrons. The highest BCUT2D eigenvalue weighted by Gasteiger charge is 2.32. The van der Waals surface area contributed by atoms with Gasteiger partial charge in [0.1, 0.15) is 12.9 Å². The summed E-state index contributed by atoms with van der Waals surface area (Å²) < 4.78 is 6.32. The summed E-state index contributed by atoms with van der Waals surface area (Å²) in [6.07, 6.45) is 1.43. The van der Waals surface area contributed by atoms with Gasteiger partial charge in [-0.15, -0.1) is 5.10 Å². The molecule has 3 amide bonds. The number of carbonyl (C=O) groups is 3. The van der Waals surface area contributed by atoms with Crippen molar-refractivity contribution in [2.75, 3.05) is 24.6 Å². The number of halogens is 1. The molecule has 0 aliphatic carbocycles. The Morgan fingerprint density at radius 1 is 1.20 bits per heavy atom. The zero-order chi connectivity index (χ0) is 24.9. The van der Waals surface area contributed by atoms with Crippen molar-refractivity contribution in [3.8, 4) is 5.69 Å². The lowest BCUT2D eigenvalue weighted by molar-refractivity contribution is -0.141. The van der Waals surface area contributed by atoms with Crippen molar-refractivity contribution in [1.82, 2.24) is 30.4 Å². The normalized spacial score (nSPS) is 15.2. The third-order valence-electron chi connectivity index (χ3n) is 5.59. The smallest absolute Gasteiger partial charge is 0.325 e. The van der Waals surface area contributed by atoms with E-state index in [2.05, 4.69) is 20.8 Å². The highest BCUT2D eigenvalue weighted by molar-refractivity contribution is 6.34. The number of hydrogen-bond acceptors (Lipinski definition) is 7. The molecule has 0 saturated carbocycles. The quantitative estimate of drug-likeness (QED) is 0.537. The third-order valence-corrected chi connectivity index (χ3v) is 5.91. The average Bonchev–Trinajstić information content (AvgIpc) is 3.34. The highest BCUT2D eigenvalue weighted by atomic mass is 35.5. The monoisotopic (exact) mass is 497 g/mol. The van der Waals surface area contributed by atoms with Crippen molar-refractivity contribution in [2.45, 2.75) is 26.4 Å². The zero-order valence-corrected chi connectivity index (χ0v) is 20.0. The zero-order valence-electron chi connectivity index (χ0n) is 19.2. The van der Waals surface area contributed by atoms with Crippen LogP contribution in [0.5, 0.6) is 0 Å². The van der Waals surface area contributed by atoms with E-state index in [4.69, 9.17) is 16.3 Å². The second-order valence-corrected chi connectivity index (χ2v) is 8.31. The number of nitrogens with zero attached hydrogens (tertiary/aromatic N) is 6. The maximum Gasteiger partial charge on any atom is 0.325 e. The first-order valence-electron chi connectivity index (χ1n) is 11.0. The lowest BCUT2D eigenvalue weighted by Gasteiger charge is -2.29. The molecule has 1 N–H and O–H groups in total. The van der Waals surface area contributed by atoms with Gasteiger partial charge in [0, 0.05) is 24.8 Å². The number of carbonyl (C=O) groups excluding carboxylic acids is 3. The first-order chi connectivity index (χ1) is 16.9. The molecule has 35 heavy (non-hydrogen) atoms. The minimum Gasteiger partial charge on any atom is -0.465 e. The van der Waals surface area contributed by atoms with Crippen LogP contribution >= 0.6 is 11.6 Å². The van der Waals surface area contributed by atoms with Crippen LogP contribution in [0.2, 0.25) is 5.02 Å². The maximum atomic E-state index is 13.7. The molecule has 0 saturated heterocycles. The van der Waals surface area contributed by atoms with Crippen LogP contribution < -0.4 is 10.2 Å². The molecule has 11 nitrogen and oxygen atoms in total. The molecular weight excluding hydrogens is 474 g/mol. The highest BCUT2D eigenvalue weighted by Crippen LogP contribution is 2.30. The van der Waals surface area contributed by atoms with E-state index >= 15 is 0 Å². The van der Waals surface area contributed by atoms with Crippen molar-refractivity contribution in [3.05, 3.63) is 64.9 Å². The average molecular weight is 498 g/mol. The summed E-state index contributed by atoms with van der Waals surface area (Å²) in [7, 11) is 0. The first kappa shape index (κ1) is 24.1. The Hall–Kier alpha value is -3.99. The third kappa shape index (κ3) is 5.24. The summed E-state index contributed by atoms with van der Waals surface area (Å²) in [5, 5.41) is 13.9. The van der Waals surface area contributed by atoms with Gasteiger partial charge in [-0.2, -0.15) is 0 Å². The van der Waals surface area contributed by atoms with Crippen LogP contribution in [0.25, 0.3) is 5.69 Å². The predicted octanol–water partition coefficient (Wildman–Crippen LogP) is 2.44. The van der Waals surface area contributed by atoms with Gasteiger partial charge in [0.2, 0.25) is 0 Å². The number of fused-ring (bicyclic) bond motifs is 1. The maximum absolute atomic E-state index is 13.7. The minimum absolute atomic E-state index is 0.230. The number of rotatable bonds is 5. The van der Waals surface area contributed by atoms with Gasteiger partial charge in [-0.05, 0) is 54.1 Å². The van der Waals surface area contributed by atoms with Crippen LogP contribution in [0.4, 0.5) is 10.5 Å². The van der Waals surface area contributed by atoms with Crippen molar-refractivity contribution >= 4 is 35.2 Å². The topological polar surface area (TPSA) is 123 Å². The summed E-state index contributed by atoms with van der Waals surface area (Å²) in [6, 6.07) is 11.6. The van der Waals surface area contributed by atoms with Crippen molar-refractivity contribution in [3.63, 3.8) is 0 Å². The number of tetrazole rings is 1. The molecule has 1 aromatic heterocycles. The lowest BCUT2D eigenvalue weighted by Crippen LogP contribution is -2.49. The van der Waals surface area contributed by atoms with E-state index in [1.807, 2.05) is 31.2 Å². The number of ether oxygens (including phenoxy) is 1. The summed E-state index contributed by atoms with van der Waals surface area (Å²) in [5.41, 5.74) is 2.40. The van der Waals surface area contributed by atoms with E-state index < -0.39 is 12.0 Å². The van der Waals surface area contributed by atoms with Crippen LogP contribution in [-0.2, 0) is 16.1 Å². The van der Waals surface area contributed by atoms with E-state index in [-0.39, 0.29) is 43.2 Å². The second kappa shape index (κ2) is 10.5. The SMILES string of the molecule is CCOC(=O)CNC(=O)N1Cc2ccccc2N(C(=O)c2ccc(-n3cnnn3)cc2Cl)C[C@H]1C. The molecule has 0 spiro atoms. The number of aromatic nitrogens is 4. The van der Waals surface area contributed by atoms with Gasteiger partial charge >= 0.3 is 12.0 Å². The standard InChI is InChI=1S/C23H24ClN7O4/c1-3-35-21(32)11-25-23(34)29-13-16-6-4-5-7-20(16)30(12-15(29)2)22(33)18-9-8-17(10-19(18)24)31-14-26-27-28-31/h4-10,14-15H,3,11-13H2,1-2H3,(H,25,34)/t15-/m1/s1. The Balaban J connectivity index is 1.59. The van der Waals surface area contributed by atoms with Crippen molar-refractivity contribution in [1.29, 1.82) is 0 Å². The largest absolute Gasteiger partial charge is 0.465 e. The minimum atomic E-state index is -0.514. The first-order valence-corrected chi connectivity index (χ1v) is 11.4. The molecule has 1 aliphatic rings. The number of esters is 1. The van der Waals surface area contributed by atoms with Gasteiger partial charge in [0.25, 0.3) is 5.91 Å². The van der Waals surface area contributed by atoms with E-state index in [9.17, 15) is 14.4 Å². The number of urea groups is 1.